The van der Waals surface area contributed by atoms with Crippen LogP contribution < -0.4 is 0 Å². The molecule has 27 heavy (non-hydrogen) atoms. The van der Waals surface area contributed by atoms with Crippen molar-refractivity contribution in [3.8, 4) is 0 Å². The van der Waals surface area contributed by atoms with Crippen LogP contribution in [0.25, 0.3) is 0 Å². The molecule has 1 N–H and O–H groups in total. The Kier molecular flexibility index (Phi) is 8.28. The summed E-state index contributed by atoms with van der Waals surface area (Å²) in [7, 11) is 1.33. The van der Waals surface area contributed by atoms with Crippen molar-refractivity contribution in [3.63, 3.8) is 0 Å². The van der Waals surface area contributed by atoms with Gasteiger partial charge in [-0.25, -0.2) is 9.59 Å². The van der Waals surface area contributed by atoms with Gasteiger partial charge in [0.1, 0.15) is 6.04 Å². The molecule has 148 valence electrons. The number of rotatable bonds is 7. The highest BCUT2D eigenvalue weighted by Crippen LogP contribution is 2.32. The van der Waals surface area contributed by atoms with E-state index in [1.807, 2.05) is 11.8 Å². The molecule has 2 atom stereocenters. The van der Waals surface area contributed by atoms with Gasteiger partial charge in [0.2, 0.25) is 0 Å². The minimum absolute atomic E-state index is 0.245. The smallest absolute Gasteiger partial charge is 0.330 e. The minimum atomic E-state index is -0.746. The molecule has 1 heterocycles. The molecule has 0 saturated carbocycles. The fraction of sp³-hybridized carbons (Fsp3) is 0.500. The number of halogens is 1. The molecular weight excluding hydrogens is 370 g/mol. The molecule has 2 unspecified atom stereocenters. The lowest BCUT2D eigenvalue weighted by Gasteiger charge is -2.36. The molecule has 1 fully saturated rings. The van der Waals surface area contributed by atoms with Crippen LogP contribution >= 0.6 is 11.6 Å². The van der Waals surface area contributed by atoms with Crippen molar-refractivity contribution in [3.05, 3.63) is 46.5 Å². The quantitative estimate of drug-likeness (QED) is 0.434. The number of hydrogen-bond donors (Lipinski definition) is 1. The minimum Gasteiger partial charge on any atom is -0.468 e. The lowest BCUT2D eigenvalue weighted by Crippen LogP contribution is -2.43. The highest BCUT2D eigenvalue weighted by molar-refractivity contribution is 6.31. The molecule has 7 heteroatoms. The molecule has 0 spiro atoms. The monoisotopic (exact) mass is 395 g/mol. The van der Waals surface area contributed by atoms with Gasteiger partial charge < -0.3 is 14.6 Å². The van der Waals surface area contributed by atoms with Gasteiger partial charge in [0.05, 0.1) is 19.8 Å². The maximum absolute atomic E-state index is 12.5. The molecule has 2 rings (SSSR count). The summed E-state index contributed by atoms with van der Waals surface area (Å²) in [6.07, 6.45) is 2.70. The molecule has 6 nitrogen and oxygen atoms in total. The lowest BCUT2D eigenvalue weighted by atomic mass is 9.96. The van der Waals surface area contributed by atoms with Crippen LogP contribution in [0.3, 0.4) is 0 Å². The number of carbonyl (C=O) groups excluding carboxylic acids is 2. The van der Waals surface area contributed by atoms with E-state index >= 15 is 0 Å². The summed E-state index contributed by atoms with van der Waals surface area (Å²) in [5.41, 5.74) is 1.15. The molecule has 0 bridgehead atoms. The molecule has 0 amide bonds. The van der Waals surface area contributed by atoms with Crippen LogP contribution in [0.2, 0.25) is 5.02 Å². The van der Waals surface area contributed by atoms with E-state index in [0.717, 1.165) is 12.8 Å². The number of carbonyl (C=O) groups is 2. The van der Waals surface area contributed by atoms with E-state index in [1.54, 1.807) is 24.3 Å². The number of aliphatic hydroxyl groups is 1. The SMILES string of the molecule is CCCCOC(=O)/C=C1\CN(C(C(=O)OC)c2ccccc2Cl)CCC1O. The summed E-state index contributed by atoms with van der Waals surface area (Å²) in [6, 6.07) is 6.37. The Balaban J connectivity index is 2.21. The second-order valence-electron chi connectivity index (χ2n) is 6.46. The second kappa shape index (κ2) is 10.4. The van der Waals surface area contributed by atoms with Crippen LogP contribution in [0.5, 0.6) is 0 Å². The summed E-state index contributed by atoms with van der Waals surface area (Å²) in [5, 5.41) is 10.7. The van der Waals surface area contributed by atoms with Crippen molar-refractivity contribution in [2.45, 2.75) is 38.3 Å². The zero-order valence-corrected chi connectivity index (χ0v) is 16.4. The maximum Gasteiger partial charge on any atom is 0.330 e. The zero-order valence-electron chi connectivity index (χ0n) is 15.7. The van der Waals surface area contributed by atoms with E-state index in [0.29, 0.717) is 35.7 Å². The topological polar surface area (TPSA) is 76.1 Å². The van der Waals surface area contributed by atoms with E-state index < -0.39 is 24.1 Å². The van der Waals surface area contributed by atoms with Gasteiger partial charge in [-0.2, -0.15) is 0 Å². The van der Waals surface area contributed by atoms with Gasteiger partial charge in [0.15, 0.2) is 0 Å². The standard InChI is InChI=1S/C20H26ClNO5/c1-3-4-11-27-18(24)12-14-13-22(10-9-17(14)23)19(20(25)26-2)15-7-5-6-8-16(15)21/h5-8,12,17,19,23H,3-4,9-11,13H2,1-2H3/b14-12+. The zero-order chi connectivity index (χ0) is 19.8. The number of ether oxygens (including phenoxy) is 2. The van der Waals surface area contributed by atoms with Crippen molar-refractivity contribution in [1.29, 1.82) is 0 Å². The Bertz CT molecular complexity index is 691. The first kappa shape index (κ1) is 21.4. The summed E-state index contributed by atoms with van der Waals surface area (Å²) < 4.78 is 10.1. The summed E-state index contributed by atoms with van der Waals surface area (Å²) in [4.78, 5) is 26.3. The van der Waals surface area contributed by atoms with Gasteiger partial charge in [-0.15, -0.1) is 0 Å². The van der Waals surface area contributed by atoms with Crippen LogP contribution in [-0.4, -0.2) is 54.9 Å². The third kappa shape index (κ3) is 5.79. The first-order valence-electron chi connectivity index (χ1n) is 9.09. The van der Waals surface area contributed by atoms with Crippen LogP contribution in [-0.2, 0) is 19.1 Å². The number of hydrogen-bond acceptors (Lipinski definition) is 6. The maximum atomic E-state index is 12.5. The number of aliphatic hydroxyl groups excluding tert-OH is 1. The third-order valence-corrected chi connectivity index (χ3v) is 4.88. The van der Waals surface area contributed by atoms with Crippen molar-refractivity contribution < 1.29 is 24.2 Å². The number of esters is 2. The summed E-state index contributed by atoms with van der Waals surface area (Å²) in [5.74, 6) is -0.920. The number of nitrogens with zero attached hydrogens (tertiary/aromatic N) is 1. The van der Waals surface area contributed by atoms with E-state index in [1.165, 1.54) is 13.2 Å². The molecule has 1 aromatic carbocycles. The average molecular weight is 396 g/mol. The number of methoxy groups -OCH3 is 1. The number of benzene rings is 1. The number of piperidine rings is 1. The van der Waals surface area contributed by atoms with Crippen LogP contribution in [0.4, 0.5) is 0 Å². The number of likely N-dealkylation sites (tertiary alicyclic amines) is 1. The van der Waals surface area contributed by atoms with Gasteiger partial charge in [0.25, 0.3) is 0 Å². The molecular formula is C20H26ClNO5. The highest BCUT2D eigenvalue weighted by Gasteiger charge is 2.34. The van der Waals surface area contributed by atoms with Gasteiger partial charge in [-0.05, 0) is 30.0 Å². The van der Waals surface area contributed by atoms with E-state index in [4.69, 9.17) is 21.1 Å². The van der Waals surface area contributed by atoms with E-state index in [2.05, 4.69) is 0 Å². The lowest BCUT2D eigenvalue weighted by molar-refractivity contribution is -0.147. The first-order valence-corrected chi connectivity index (χ1v) is 9.47. The fourth-order valence-electron chi connectivity index (χ4n) is 3.05. The molecule has 1 aliphatic rings. The summed E-state index contributed by atoms with van der Waals surface area (Å²) >= 11 is 6.29. The Morgan fingerprint density at radius 3 is 2.81 bits per heavy atom. The van der Waals surface area contributed by atoms with E-state index in [9.17, 15) is 14.7 Å². The van der Waals surface area contributed by atoms with Crippen molar-refractivity contribution in [1.82, 2.24) is 4.90 Å². The summed E-state index contributed by atoms with van der Waals surface area (Å²) in [6.45, 7) is 3.07. The Morgan fingerprint density at radius 2 is 2.15 bits per heavy atom. The molecule has 0 radical (unpaired) electrons. The van der Waals surface area contributed by atoms with Crippen molar-refractivity contribution >= 4 is 23.5 Å². The third-order valence-electron chi connectivity index (χ3n) is 4.54. The number of unbranched alkanes of at least 4 members (excludes halogenated alkanes) is 1. The van der Waals surface area contributed by atoms with E-state index in [-0.39, 0.29) is 6.54 Å². The fourth-order valence-corrected chi connectivity index (χ4v) is 3.29. The van der Waals surface area contributed by atoms with Crippen molar-refractivity contribution in [2.24, 2.45) is 0 Å². The predicted octanol–water partition coefficient (Wildman–Crippen LogP) is 2.89. The molecule has 0 aromatic heterocycles. The van der Waals surface area contributed by atoms with Gasteiger partial charge >= 0.3 is 11.9 Å². The molecule has 1 aromatic rings. The average Bonchev–Trinajstić information content (AvgIpc) is 2.66. The van der Waals surface area contributed by atoms with Gasteiger partial charge in [-0.3, -0.25) is 4.90 Å². The Morgan fingerprint density at radius 1 is 1.41 bits per heavy atom. The van der Waals surface area contributed by atoms with Gasteiger partial charge in [-0.1, -0.05) is 43.1 Å². The van der Waals surface area contributed by atoms with Gasteiger partial charge in [0, 0.05) is 24.2 Å². The van der Waals surface area contributed by atoms with Crippen molar-refractivity contribution in [2.75, 3.05) is 26.8 Å². The van der Waals surface area contributed by atoms with Crippen LogP contribution in [0, 0.1) is 0 Å². The molecule has 0 aliphatic carbocycles. The Hall–Kier alpha value is -1.89. The molecule has 1 saturated heterocycles. The highest BCUT2D eigenvalue weighted by atomic mass is 35.5. The Labute approximate surface area is 164 Å². The van der Waals surface area contributed by atoms with Crippen LogP contribution in [0.15, 0.2) is 35.9 Å². The largest absolute Gasteiger partial charge is 0.468 e. The predicted molar refractivity (Wildman–Crippen MR) is 102 cm³/mol. The van der Waals surface area contributed by atoms with Crippen LogP contribution in [0.1, 0.15) is 37.8 Å². The normalized spacial score (nSPS) is 20.3. The molecule has 1 aliphatic heterocycles. The first-order chi connectivity index (χ1) is 13.0. The second-order valence-corrected chi connectivity index (χ2v) is 6.87.